The number of ketones is 1. The van der Waals surface area contributed by atoms with Crippen molar-refractivity contribution in [2.75, 3.05) is 13.2 Å². The second kappa shape index (κ2) is 2.43. The molecule has 2 aliphatic heterocycles. The minimum absolute atomic E-state index is 0.0566. The molecule has 0 aromatic heterocycles. The fourth-order valence-electron chi connectivity index (χ4n) is 1.54. The second-order valence-corrected chi connectivity index (χ2v) is 3.06. The lowest BCUT2D eigenvalue weighted by atomic mass is 10.2. The summed E-state index contributed by atoms with van der Waals surface area (Å²) in [5.74, 6) is 0.187. The third-order valence-corrected chi connectivity index (χ3v) is 2.20. The average molecular weight is 153 g/mol. The molecule has 3 nitrogen and oxygen atoms in total. The lowest BCUT2D eigenvalue weighted by Gasteiger charge is -2.08. The predicted octanol–water partition coefficient (Wildman–Crippen LogP) is -0.128. The molecule has 1 fully saturated rings. The monoisotopic (exact) mass is 153 g/mol. The number of hydrogen-bond donors (Lipinski definition) is 1. The van der Waals surface area contributed by atoms with E-state index in [0.717, 1.165) is 6.61 Å². The predicted molar refractivity (Wildman–Crippen MR) is 40.3 cm³/mol. The SMILES string of the molecule is CC(=O)C1C=C2COCC2N1. The summed E-state index contributed by atoms with van der Waals surface area (Å²) in [7, 11) is 0. The molecule has 1 N–H and O–H groups in total. The maximum absolute atomic E-state index is 10.9. The van der Waals surface area contributed by atoms with Gasteiger partial charge in [-0.25, -0.2) is 0 Å². The Morgan fingerprint density at radius 2 is 2.64 bits per heavy atom. The highest BCUT2D eigenvalue weighted by atomic mass is 16.5. The minimum atomic E-state index is -0.0566. The van der Waals surface area contributed by atoms with Crippen LogP contribution in [0.3, 0.4) is 0 Å². The van der Waals surface area contributed by atoms with E-state index in [9.17, 15) is 4.79 Å². The smallest absolute Gasteiger partial charge is 0.150 e. The Balaban J connectivity index is 2.13. The lowest BCUT2D eigenvalue weighted by Crippen LogP contribution is -2.36. The van der Waals surface area contributed by atoms with Crippen LogP contribution in [0.25, 0.3) is 0 Å². The first kappa shape index (κ1) is 7.00. The molecule has 0 radical (unpaired) electrons. The molecule has 0 aromatic rings. The molecule has 1 saturated heterocycles. The fraction of sp³-hybridized carbons (Fsp3) is 0.625. The number of nitrogens with one attached hydrogen (secondary N) is 1. The number of carbonyl (C=O) groups is 1. The number of hydrogen-bond acceptors (Lipinski definition) is 3. The number of fused-ring (bicyclic) bond motifs is 1. The van der Waals surface area contributed by atoms with Gasteiger partial charge in [0.05, 0.1) is 25.3 Å². The van der Waals surface area contributed by atoms with E-state index in [0.29, 0.717) is 12.6 Å². The molecule has 2 rings (SSSR count). The first-order valence-corrected chi connectivity index (χ1v) is 3.82. The molecular weight excluding hydrogens is 142 g/mol. The van der Waals surface area contributed by atoms with Crippen LogP contribution in [-0.4, -0.2) is 31.1 Å². The highest BCUT2D eigenvalue weighted by Crippen LogP contribution is 2.19. The molecule has 2 atom stereocenters. The van der Waals surface area contributed by atoms with Crippen LogP contribution in [0.1, 0.15) is 6.92 Å². The Morgan fingerprint density at radius 3 is 3.27 bits per heavy atom. The Bertz CT molecular complexity index is 222. The van der Waals surface area contributed by atoms with Crippen LogP contribution < -0.4 is 5.32 Å². The fourth-order valence-corrected chi connectivity index (χ4v) is 1.54. The molecule has 0 aromatic carbocycles. The van der Waals surface area contributed by atoms with Crippen molar-refractivity contribution < 1.29 is 9.53 Å². The molecule has 0 bridgehead atoms. The van der Waals surface area contributed by atoms with Gasteiger partial charge in [-0.1, -0.05) is 6.08 Å². The largest absolute Gasteiger partial charge is 0.375 e. The molecule has 2 heterocycles. The van der Waals surface area contributed by atoms with Gasteiger partial charge in [-0.3, -0.25) is 10.1 Å². The van der Waals surface area contributed by atoms with Gasteiger partial charge in [0.15, 0.2) is 5.78 Å². The van der Waals surface area contributed by atoms with Crippen LogP contribution in [-0.2, 0) is 9.53 Å². The van der Waals surface area contributed by atoms with E-state index in [1.165, 1.54) is 5.57 Å². The highest BCUT2D eigenvalue weighted by Gasteiger charge is 2.31. The summed E-state index contributed by atoms with van der Waals surface area (Å²) in [5, 5.41) is 3.19. The van der Waals surface area contributed by atoms with Gasteiger partial charge in [-0.05, 0) is 12.5 Å². The normalized spacial score (nSPS) is 35.2. The Kier molecular flexibility index (Phi) is 1.55. The third kappa shape index (κ3) is 1.10. The number of Topliss-reactive ketones (excluding diaryl/α,β-unsaturated/α-hetero) is 1. The van der Waals surface area contributed by atoms with Crippen molar-refractivity contribution >= 4 is 5.78 Å². The molecule has 2 unspecified atom stereocenters. The van der Waals surface area contributed by atoms with Crippen LogP contribution >= 0.6 is 0 Å². The summed E-state index contributed by atoms with van der Waals surface area (Å²) < 4.78 is 5.20. The van der Waals surface area contributed by atoms with Crippen molar-refractivity contribution in [2.24, 2.45) is 0 Å². The van der Waals surface area contributed by atoms with Crippen molar-refractivity contribution in [1.82, 2.24) is 5.32 Å². The Hall–Kier alpha value is -0.670. The standard InChI is InChI=1S/C8H11NO2/c1-5(10)7-2-6-3-11-4-8(6)9-7/h2,7-9H,3-4H2,1H3. The van der Waals surface area contributed by atoms with Gasteiger partial charge in [0.25, 0.3) is 0 Å². The summed E-state index contributed by atoms with van der Waals surface area (Å²) in [5.41, 5.74) is 1.24. The number of ether oxygens (including phenoxy) is 1. The quantitative estimate of drug-likeness (QED) is 0.533. The van der Waals surface area contributed by atoms with Gasteiger partial charge in [0.1, 0.15) is 0 Å². The van der Waals surface area contributed by atoms with Gasteiger partial charge < -0.3 is 4.74 Å². The number of carbonyl (C=O) groups excluding carboxylic acids is 1. The molecule has 2 aliphatic rings. The van der Waals surface area contributed by atoms with Gasteiger partial charge in [-0.15, -0.1) is 0 Å². The molecule has 0 aliphatic carbocycles. The van der Waals surface area contributed by atoms with E-state index < -0.39 is 0 Å². The van der Waals surface area contributed by atoms with Gasteiger partial charge in [-0.2, -0.15) is 0 Å². The third-order valence-electron chi connectivity index (χ3n) is 2.20. The van der Waals surface area contributed by atoms with E-state index in [1.54, 1.807) is 6.92 Å². The van der Waals surface area contributed by atoms with Crippen molar-refractivity contribution in [3.63, 3.8) is 0 Å². The van der Waals surface area contributed by atoms with Crippen LogP contribution in [0.15, 0.2) is 11.6 Å². The highest BCUT2D eigenvalue weighted by molar-refractivity contribution is 5.84. The molecule has 3 heteroatoms. The van der Waals surface area contributed by atoms with Crippen molar-refractivity contribution in [3.05, 3.63) is 11.6 Å². The molecular formula is C8H11NO2. The average Bonchev–Trinajstić information content (AvgIpc) is 2.40. The van der Waals surface area contributed by atoms with E-state index in [-0.39, 0.29) is 11.8 Å². The van der Waals surface area contributed by atoms with Crippen LogP contribution in [0.5, 0.6) is 0 Å². The van der Waals surface area contributed by atoms with Crippen LogP contribution in [0, 0.1) is 0 Å². The van der Waals surface area contributed by atoms with E-state index >= 15 is 0 Å². The lowest BCUT2D eigenvalue weighted by molar-refractivity contribution is -0.117. The summed E-state index contributed by atoms with van der Waals surface area (Å²) in [6.07, 6.45) is 1.99. The van der Waals surface area contributed by atoms with Crippen molar-refractivity contribution in [1.29, 1.82) is 0 Å². The molecule has 0 amide bonds. The Morgan fingerprint density at radius 1 is 1.82 bits per heavy atom. The summed E-state index contributed by atoms with van der Waals surface area (Å²) in [6.45, 7) is 3.02. The molecule has 60 valence electrons. The second-order valence-electron chi connectivity index (χ2n) is 3.06. The van der Waals surface area contributed by atoms with Crippen molar-refractivity contribution in [3.8, 4) is 0 Å². The summed E-state index contributed by atoms with van der Waals surface area (Å²) in [6, 6.07) is 0.253. The van der Waals surface area contributed by atoms with Crippen LogP contribution in [0.2, 0.25) is 0 Å². The summed E-state index contributed by atoms with van der Waals surface area (Å²) >= 11 is 0. The maximum Gasteiger partial charge on any atom is 0.150 e. The molecule has 0 saturated carbocycles. The minimum Gasteiger partial charge on any atom is -0.375 e. The van der Waals surface area contributed by atoms with Crippen molar-refractivity contribution in [2.45, 2.75) is 19.0 Å². The number of rotatable bonds is 1. The van der Waals surface area contributed by atoms with Gasteiger partial charge >= 0.3 is 0 Å². The van der Waals surface area contributed by atoms with Gasteiger partial charge in [0, 0.05) is 0 Å². The van der Waals surface area contributed by atoms with E-state index in [4.69, 9.17) is 4.74 Å². The van der Waals surface area contributed by atoms with Crippen LogP contribution in [0.4, 0.5) is 0 Å². The van der Waals surface area contributed by atoms with E-state index in [1.807, 2.05) is 6.08 Å². The van der Waals surface area contributed by atoms with E-state index in [2.05, 4.69) is 5.32 Å². The maximum atomic E-state index is 10.9. The Labute approximate surface area is 65.4 Å². The topological polar surface area (TPSA) is 38.3 Å². The first-order chi connectivity index (χ1) is 5.27. The molecule has 0 spiro atoms. The summed E-state index contributed by atoms with van der Waals surface area (Å²) in [4.78, 5) is 10.9. The van der Waals surface area contributed by atoms with Gasteiger partial charge in [0.2, 0.25) is 0 Å². The zero-order valence-corrected chi connectivity index (χ0v) is 6.46. The first-order valence-electron chi connectivity index (χ1n) is 3.82. The molecule has 11 heavy (non-hydrogen) atoms. The zero-order chi connectivity index (χ0) is 7.84. The zero-order valence-electron chi connectivity index (χ0n) is 6.46.